The Morgan fingerprint density at radius 1 is 0.880 bits per heavy atom. The molecule has 25 heavy (non-hydrogen) atoms. The third kappa shape index (κ3) is 19.0. The number of halogens is 3. The molecule has 0 aromatic heterocycles. The molecule has 12 heteroatoms. The van der Waals surface area contributed by atoms with Gasteiger partial charge in [-0.3, -0.25) is 0 Å². The van der Waals surface area contributed by atoms with Crippen molar-refractivity contribution in [2.75, 3.05) is 0 Å². The molecule has 0 amide bonds. The van der Waals surface area contributed by atoms with E-state index in [1.165, 1.54) is 0 Å². The van der Waals surface area contributed by atoms with Crippen molar-refractivity contribution in [2.24, 2.45) is 0 Å². The van der Waals surface area contributed by atoms with E-state index in [2.05, 4.69) is 37.8 Å². The molecule has 0 N–H and O–H groups in total. The fourth-order valence-electron chi connectivity index (χ4n) is 1.16. The van der Waals surface area contributed by atoms with Gasteiger partial charge in [-0.2, -0.15) is 13.2 Å². The molecule has 7 nitrogen and oxygen atoms in total. The van der Waals surface area contributed by atoms with Crippen LogP contribution in [-0.4, -0.2) is 12.1 Å². The normalized spacial score (nSPS) is 10.0. The van der Waals surface area contributed by atoms with Gasteiger partial charge in [0.2, 0.25) is 0 Å². The van der Waals surface area contributed by atoms with Gasteiger partial charge in [-0.25, -0.2) is 4.79 Å². The van der Waals surface area contributed by atoms with E-state index in [4.69, 9.17) is 23.3 Å². The van der Waals surface area contributed by atoms with Crippen LogP contribution in [0.3, 0.4) is 0 Å². The Morgan fingerprint density at radius 2 is 1.12 bits per heavy atom. The first-order valence-corrected chi connectivity index (χ1v) is 6.51. The number of hydrogen-bond donors (Lipinski definition) is 0. The topological polar surface area (TPSA) is 126 Å². The van der Waals surface area contributed by atoms with Crippen LogP contribution in [0.5, 0.6) is 0 Å². The maximum Gasteiger partial charge on any atom is 0 e. The SMILES string of the molecule is CCC1=C(CC)P1OC(=O)C(F)(F)F.[C-]#[O+].[C-]#[O+].[C-]#[O+].[C-]#[O+].[C-]#[O+].[W]. The summed E-state index contributed by atoms with van der Waals surface area (Å²) in [4.78, 5) is 10.5. The molecule has 0 saturated carbocycles. The molecular formula is C13H10F3O7PW. The zero-order chi connectivity index (χ0) is 20.9. The molecule has 0 spiro atoms. The smallest absolute Gasteiger partial charge is 0 e. The first-order valence-electron chi connectivity index (χ1n) is 5.25. The minimum Gasteiger partial charge on any atom is 0 e. The third-order valence-corrected chi connectivity index (χ3v) is 4.13. The third-order valence-electron chi connectivity index (χ3n) is 1.85. The fourth-order valence-corrected chi connectivity index (χ4v) is 3.10. The standard InChI is InChI=1S/C8H10F3O2P.5CO.W/c1-3-5-6(4-2)14(5)13-7(12)8(9,10)11;5*1-2;/h3-4H2,1-2H3;;;;;;. The Balaban J connectivity index is -0.0000000708. The van der Waals surface area contributed by atoms with Crippen molar-refractivity contribution in [3.05, 3.63) is 43.9 Å². The van der Waals surface area contributed by atoms with Crippen LogP contribution < -0.4 is 0 Å². The predicted octanol–water partition coefficient (Wildman–Crippen LogP) is 3.34. The van der Waals surface area contributed by atoms with Crippen LogP contribution >= 0.6 is 8.15 Å². The first kappa shape index (κ1) is 39.1. The molecule has 0 atom stereocenters. The zero-order valence-electron chi connectivity index (χ0n) is 12.8. The van der Waals surface area contributed by atoms with Crippen LogP contribution in [-0.2, 0) is 53.6 Å². The van der Waals surface area contributed by atoms with Gasteiger partial charge < -0.3 is 4.52 Å². The summed E-state index contributed by atoms with van der Waals surface area (Å²) in [5.41, 5.74) is 0. The van der Waals surface area contributed by atoms with E-state index in [-0.39, 0.29) is 21.1 Å². The molecule has 0 aromatic carbocycles. The van der Waals surface area contributed by atoms with E-state index in [1.807, 2.05) is 13.8 Å². The van der Waals surface area contributed by atoms with Gasteiger partial charge in [0.05, 0.1) is 0 Å². The Morgan fingerprint density at radius 3 is 1.28 bits per heavy atom. The molecule has 0 radical (unpaired) electrons. The van der Waals surface area contributed by atoms with Gasteiger partial charge >= 0.3 is 68.7 Å². The van der Waals surface area contributed by atoms with Crippen LogP contribution in [0.25, 0.3) is 0 Å². The van der Waals surface area contributed by atoms with Gasteiger partial charge in [0, 0.05) is 31.7 Å². The number of alkyl halides is 3. The minimum atomic E-state index is -4.87. The van der Waals surface area contributed by atoms with E-state index in [0.29, 0.717) is 12.8 Å². The second kappa shape index (κ2) is 27.7. The van der Waals surface area contributed by atoms with Crippen molar-refractivity contribution in [1.29, 1.82) is 0 Å². The van der Waals surface area contributed by atoms with E-state index in [1.54, 1.807) is 0 Å². The molecule has 1 heterocycles. The van der Waals surface area contributed by atoms with Gasteiger partial charge in [0.1, 0.15) is 8.15 Å². The molecule has 0 bridgehead atoms. The van der Waals surface area contributed by atoms with Gasteiger partial charge in [-0.05, 0) is 12.8 Å². The molecule has 1 rings (SSSR count). The number of allylic oxidation sites excluding steroid dienone is 2. The van der Waals surface area contributed by atoms with Crippen LogP contribution in [0.15, 0.2) is 10.6 Å². The van der Waals surface area contributed by atoms with E-state index in [9.17, 15) is 18.0 Å². The summed E-state index contributed by atoms with van der Waals surface area (Å²) in [7, 11) is -1.32. The fraction of sp³-hybridized carbons (Fsp3) is 0.385. The average Bonchev–Trinajstić information content (AvgIpc) is 3.34. The van der Waals surface area contributed by atoms with Gasteiger partial charge in [0.25, 0.3) is 0 Å². The number of carbonyl (C=O) groups is 1. The molecule has 1 aliphatic rings. The van der Waals surface area contributed by atoms with Gasteiger partial charge in [-0.15, -0.1) is 0 Å². The summed E-state index contributed by atoms with van der Waals surface area (Å²) in [6.07, 6.45) is -3.54. The molecule has 0 aromatic rings. The number of rotatable bonds is 3. The Hall–Kier alpha value is -1.18. The number of hydrogen-bond acceptors (Lipinski definition) is 2. The average molecular weight is 550 g/mol. The quantitative estimate of drug-likeness (QED) is 0.304. The largest absolute Gasteiger partial charge is 0 e. The van der Waals surface area contributed by atoms with Crippen LogP contribution in [0.2, 0.25) is 0 Å². The van der Waals surface area contributed by atoms with Crippen molar-refractivity contribution in [1.82, 2.24) is 0 Å². The Labute approximate surface area is 158 Å². The van der Waals surface area contributed by atoms with Crippen molar-refractivity contribution >= 4 is 14.1 Å². The maximum absolute atomic E-state index is 11.8. The predicted molar refractivity (Wildman–Crippen MR) is 66.3 cm³/mol. The molecule has 0 fully saturated rings. The van der Waals surface area contributed by atoms with Crippen LogP contribution in [0, 0.1) is 33.3 Å². The summed E-state index contributed by atoms with van der Waals surface area (Å²) < 4.78 is 77.3. The molecule has 0 aliphatic carbocycles. The van der Waals surface area contributed by atoms with Crippen LogP contribution in [0.1, 0.15) is 26.7 Å². The zero-order valence-corrected chi connectivity index (χ0v) is 16.6. The Kier molecular flexibility index (Phi) is 43.2. The van der Waals surface area contributed by atoms with E-state index in [0.717, 1.165) is 10.6 Å². The summed E-state index contributed by atoms with van der Waals surface area (Å²) in [6, 6.07) is 0. The van der Waals surface area contributed by atoms with Gasteiger partial charge in [0.15, 0.2) is 0 Å². The maximum atomic E-state index is 11.8. The summed E-state index contributed by atoms with van der Waals surface area (Å²) in [5, 5.41) is 1.78. The first-order chi connectivity index (χ1) is 11.4. The van der Waals surface area contributed by atoms with E-state index < -0.39 is 20.3 Å². The van der Waals surface area contributed by atoms with Crippen molar-refractivity contribution in [3.8, 4) is 0 Å². The molecule has 0 saturated heterocycles. The monoisotopic (exact) mass is 550 g/mol. The van der Waals surface area contributed by atoms with E-state index >= 15 is 0 Å². The molecular weight excluding hydrogens is 540 g/mol. The minimum absolute atomic E-state index is 0. The molecule has 0 unspecified atom stereocenters. The van der Waals surface area contributed by atoms with Crippen molar-refractivity contribution < 1.29 is 66.8 Å². The van der Waals surface area contributed by atoms with Crippen LogP contribution in [0.4, 0.5) is 13.2 Å². The Bertz CT molecular complexity index is 430. The summed E-state index contributed by atoms with van der Waals surface area (Å²) >= 11 is 0. The second-order valence-electron chi connectivity index (χ2n) is 2.77. The summed E-state index contributed by atoms with van der Waals surface area (Å²) in [5.74, 6) is -2.07. The van der Waals surface area contributed by atoms with Crippen molar-refractivity contribution in [3.63, 3.8) is 0 Å². The van der Waals surface area contributed by atoms with Gasteiger partial charge in [-0.1, -0.05) is 13.8 Å². The number of carbonyl (C=O) groups excluding carboxylic acids is 1. The second-order valence-corrected chi connectivity index (χ2v) is 4.62. The molecule has 136 valence electrons. The summed E-state index contributed by atoms with van der Waals surface area (Å²) in [6.45, 7) is 26.2. The molecule has 1 aliphatic heterocycles. The van der Waals surface area contributed by atoms with Crippen molar-refractivity contribution in [2.45, 2.75) is 32.9 Å².